The van der Waals surface area contributed by atoms with Crippen LogP contribution in [0.2, 0.25) is 0 Å². The van der Waals surface area contributed by atoms with E-state index in [-0.39, 0.29) is 5.56 Å². The molecule has 1 heterocycles. The molecule has 0 amide bonds. The summed E-state index contributed by atoms with van der Waals surface area (Å²) >= 11 is 3.05. The van der Waals surface area contributed by atoms with Crippen molar-refractivity contribution in [3.05, 3.63) is 39.4 Å². The van der Waals surface area contributed by atoms with Gasteiger partial charge in [-0.15, -0.1) is 0 Å². The van der Waals surface area contributed by atoms with Crippen LogP contribution in [0.25, 0.3) is 6.08 Å². The molecule has 1 aromatic carbocycles. The molecule has 0 aliphatic carbocycles. The highest BCUT2D eigenvalue weighted by Gasteiger charge is 2.40. The van der Waals surface area contributed by atoms with Gasteiger partial charge in [-0.2, -0.15) is 13.2 Å². The Labute approximate surface area is 132 Å². The second-order valence-electron chi connectivity index (χ2n) is 4.97. The van der Waals surface area contributed by atoms with E-state index in [1.807, 2.05) is 0 Å². The van der Waals surface area contributed by atoms with E-state index in [1.54, 1.807) is 0 Å². The van der Waals surface area contributed by atoms with Crippen molar-refractivity contribution in [2.45, 2.75) is 25.8 Å². The zero-order valence-corrected chi connectivity index (χ0v) is 13.0. The summed E-state index contributed by atoms with van der Waals surface area (Å²) in [5.41, 5.74) is -1.91. The molecule has 0 unspecified atom stereocenters. The Hall–Kier alpha value is -1.83. The van der Waals surface area contributed by atoms with Crippen LogP contribution in [0.5, 0.6) is 0 Å². The van der Waals surface area contributed by atoms with Crippen molar-refractivity contribution in [3.8, 4) is 0 Å². The van der Waals surface area contributed by atoms with Crippen LogP contribution in [-0.4, -0.2) is 17.7 Å². The van der Waals surface area contributed by atoms with E-state index in [1.165, 1.54) is 19.9 Å². The molecule has 8 heteroatoms. The first kappa shape index (κ1) is 16.5. The molecule has 1 saturated heterocycles. The molecule has 2 rings (SSSR count). The summed E-state index contributed by atoms with van der Waals surface area (Å²) in [7, 11) is 0. The van der Waals surface area contributed by atoms with Gasteiger partial charge in [0.2, 0.25) is 0 Å². The van der Waals surface area contributed by atoms with Crippen LogP contribution >= 0.6 is 15.9 Å². The Balaban J connectivity index is 2.52. The maximum absolute atomic E-state index is 13.0. The fourth-order valence-electron chi connectivity index (χ4n) is 1.85. The maximum Gasteiger partial charge on any atom is 0.416 e. The number of rotatable bonds is 1. The fourth-order valence-corrected chi connectivity index (χ4v) is 2.22. The third-order valence-corrected chi connectivity index (χ3v) is 3.23. The highest BCUT2D eigenvalue weighted by atomic mass is 79.9. The van der Waals surface area contributed by atoms with E-state index in [0.717, 1.165) is 18.2 Å². The summed E-state index contributed by atoms with van der Waals surface area (Å²) in [6, 6.07) is 3.21. The predicted octanol–water partition coefficient (Wildman–Crippen LogP) is 3.69. The van der Waals surface area contributed by atoms with E-state index in [4.69, 9.17) is 9.47 Å². The van der Waals surface area contributed by atoms with Crippen LogP contribution < -0.4 is 0 Å². The van der Waals surface area contributed by atoms with Gasteiger partial charge in [-0.1, -0.05) is 15.9 Å². The second-order valence-corrected chi connectivity index (χ2v) is 5.88. The van der Waals surface area contributed by atoms with Crippen LogP contribution in [-0.2, 0) is 25.2 Å². The molecule has 0 spiro atoms. The van der Waals surface area contributed by atoms with Gasteiger partial charge in [0, 0.05) is 18.3 Å². The molecule has 0 bridgehead atoms. The maximum atomic E-state index is 13.0. The minimum atomic E-state index is -4.63. The minimum Gasteiger partial charge on any atom is -0.419 e. The number of alkyl halides is 3. The van der Waals surface area contributed by atoms with Gasteiger partial charge in [0.1, 0.15) is 5.57 Å². The predicted molar refractivity (Wildman–Crippen MR) is 73.4 cm³/mol. The third kappa shape index (κ3) is 3.49. The van der Waals surface area contributed by atoms with Gasteiger partial charge in [0.25, 0.3) is 5.79 Å². The number of hydrogen-bond donors (Lipinski definition) is 0. The van der Waals surface area contributed by atoms with Crippen molar-refractivity contribution in [2.24, 2.45) is 0 Å². The summed E-state index contributed by atoms with van der Waals surface area (Å²) in [5.74, 6) is -3.51. The molecule has 0 radical (unpaired) electrons. The lowest BCUT2D eigenvalue weighted by Crippen LogP contribution is -2.41. The molecular weight excluding hydrogens is 369 g/mol. The standard InChI is InChI=1S/C14H10BrF3O4/c1-13(2)21-11(19)9(12(20)22-13)6-7-5-8(15)3-4-10(7)14(16,17)18/h3-6H,1-2H3. The van der Waals surface area contributed by atoms with E-state index >= 15 is 0 Å². The highest BCUT2D eigenvalue weighted by Crippen LogP contribution is 2.35. The number of hydrogen-bond acceptors (Lipinski definition) is 4. The third-order valence-electron chi connectivity index (χ3n) is 2.74. The molecule has 0 atom stereocenters. The molecular formula is C14H10BrF3O4. The van der Waals surface area contributed by atoms with E-state index in [9.17, 15) is 22.8 Å². The van der Waals surface area contributed by atoms with Crippen LogP contribution in [0.15, 0.2) is 28.2 Å². The Morgan fingerprint density at radius 1 is 1.14 bits per heavy atom. The van der Waals surface area contributed by atoms with Crippen molar-refractivity contribution < 1.29 is 32.2 Å². The molecule has 1 aliphatic heterocycles. The average Bonchev–Trinajstić information content (AvgIpc) is 2.31. The molecule has 1 aliphatic rings. The first-order chi connectivity index (χ1) is 9.99. The second kappa shape index (κ2) is 5.42. The molecule has 22 heavy (non-hydrogen) atoms. The lowest BCUT2D eigenvalue weighted by Gasteiger charge is -2.29. The smallest absolute Gasteiger partial charge is 0.416 e. The Kier molecular flexibility index (Phi) is 4.08. The summed E-state index contributed by atoms with van der Waals surface area (Å²) in [6.45, 7) is 2.69. The first-order valence-electron chi connectivity index (χ1n) is 6.05. The molecule has 4 nitrogen and oxygen atoms in total. The topological polar surface area (TPSA) is 52.6 Å². The van der Waals surface area contributed by atoms with Gasteiger partial charge < -0.3 is 9.47 Å². The van der Waals surface area contributed by atoms with Gasteiger partial charge >= 0.3 is 18.1 Å². The normalized spacial score (nSPS) is 17.8. The zero-order valence-electron chi connectivity index (χ0n) is 11.5. The number of esters is 2. The SMILES string of the molecule is CC1(C)OC(=O)C(=Cc2cc(Br)ccc2C(F)(F)F)C(=O)O1. The van der Waals surface area contributed by atoms with Crippen molar-refractivity contribution in [3.63, 3.8) is 0 Å². The van der Waals surface area contributed by atoms with Gasteiger partial charge in [0.15, 0.2) is 0 Å². The lowest BCUT2D eigenvalue weighted by atomic mass is 10.0. The quantitative estimate of drug-likeness (QED) is 0.424. The summed E-state index contributed by atoms with van der Waals surface area (Å²) in [5, 5.41) is 0. The summed E-state index contributed by atoms with van der Waals surface area (Å²) in [4.78, 5) is 23.6. The minimum absolute atomic E-state index is 0.342. The van der Waals surface area contributed by atoms with Gasteiger partial charge in [-0.25, -0.2) is 9.59 Å². The number of halogens is 4. The molecule has 0 aromatic heterocycles. The van der Waals surface area contributed by atoms with E-state index < -0.39 is 35.0 Å². The van der Waals surface area contributed by atoms with Gasteiger partial charge in [0.05, 0.1) is 5.56 Å². The van der Waals surface area contributed by atoms with Crippen LogP contribution in [0.4, 0.5) is 13.2 Å². The van der Waals surface area contributed by atoms with E-state index in [0.29, 0.717) is 4.47 Å². The summed E-state index contributed by atoms with van der Waals surface area (Å²) < 4.78 is 49.0. The Morgan fingerprint density at radius 3 is 2.18 bits per heavy atom. The number of cyclic esters (lactones) is 2. The lowest BCUT2D eigenvalue weighted by molar-refractivity contribution is -0.222. The largest absolute Gasteiger partial charge is 0.419 e. The molecule has 1 fully saturated rings. The molecule has 118 valence electrons. The summed E-state index contributed by atoms with van der Waals surface area (Å²) in [6.07, 6.45) is -3.82. The zero-order chi connectivity index (χ0) is 16.7. The van der Waals surface area contributed by atoms with Gasteiger partial charge in [-0.05, 0) is 29.8 Å². The Bertz CT molecular complexity index is 655. The van der Waals surface area contributed by atoms with Gasteiger partial charge in [-0.3, -0.25) is 0 Å². The Morgan fingerprint density at radius 2 is 1.68 bits per heavy atom. The number of carbonyl (C=O) groups excluding carboxylic acids is 2. The molecule has 0 N–H and O–H groups in total. The van der Waals surface area contributed by atoms with Crippen molar-refractivity contribution in [2.75, 3.05) is 0 Å². The molecule has 0 saturated carbocycles. The molecule has 1 aromatic rings. The van der Waals surface area contributed by atoms with E-state index in [2.05, 4.69) is 15.9 Å². The number of benzene rings is 1. The first-order valence-corrected chi connectivity index (χ1v) is 6.84. The average molecular weight is 379 g/mol. The van der Waals surface area contributed by atoms with Crippen molar-refractivity contribution in [1.29, 1.82) is 0 Å². The van der Waals surface area contributed by atoms with Crippen molar-refractivity contribution >= 4 is 33.9 Å². The van der Waals surface area contributed by atoms with Crippen LogP contribution in [0.3, 0.4) is 0 Å². The number of ether oxygens (including phenoxy) is 2. The van der Waals surface area contributed by atoms with Crippen LogP contribution in [0, 0.1) is 0 Å². The van der Waals surface area contributed by atoms with Crippen LogP contribution in [0.1, 0.15) is 25.0 Å². The highest BCUT2D eigenvalue weighted by molar-refractivity contribution is 9.10. The number of carbonyl (C=O) groups is 2. The monoisotopic (exact) mass is 378 g/mol. The fraction of sp³-hybridized carbons (Fsp3) is 0.286. The van der Waals surface area contributed by atoms with Crippen molar-refractivity contribution in [1.82, 2.24) is 0 Å².